The van der Waals surface area contributed by atoms with E-state index in [4.69, 9.17) is 0 Å². The van der Waals surface area contributed by atoms with Crippen LogP contribution in [0.1, 0.15) is 36.8 Å². The quantitative estimate of drug-likeness (QED) is 0.718. The highest BCUT2D eigenvalue weighted by Gasteiger charge is 2.38. The number of nitrogens with one attached hydrogen (secondary N) is 1. The average Bonchev–Trinajstić information content (AvgIpc) is 3.12. The van der Waals surface area contributed by atoms with E-state index in [1.165, 1.54) is 60.8 Å². The number of fused-ring (bicyclic) bond motifs is 1. The summed E-state index contributed by atoms with van der Waals surface area (Å²) in [6, 6.07) is 13.0. The first-order valence-corrected chi connectivity index (χ1v) is 10.7. The lowest BCUT2D eigenvalue weighted by atomic mass is 9.72. The van der Waals surface area contributed by atoms with Crippen LogP contribution in [0.4, 0.5) is 5.82 Å². The predicted molar refractivity (Wildman–Crippen MR) is 116 cm³/mol. The molecule has 3 aromatic rings. The second kappa shape index (κ2) is 7.25. The number of H-pyrrole nitrogens is 1. The Bertz CT molecular complexity index is 952. The first-order valence-electron chi connectivity index (χ1n) is 10.7. The molecular weight excluding hydrogens is 344 g/mol. The SMILES string of the molecule is Cc1ccnc(N2CCC3(CCCN(Cc4c[nH]c5ccccc45)C3)CC2)c1. The molecule has 2 aliphatic heterocycles. The molecule has 2 aliphatic rings. The number of para-hydroxylation sites is 1. The van der Waals surface area contributed by atoms with Crippen LogP contribution in [0.15, 0.2) is 48.8 Å². The first kappa shape index (κ1) is 17.7. The Hall–Kier alpha value is -2.33. The molecular formula is C24H30N4. The van der Waals surface area contributed by atoms with E-state index in [0.29, 0.717) is 5.41 Å². The average molecular weight is 375 g/mol. The number of anilines is 1. The number of hydrogen-bond acceptors (Lipinski definition) is 3. The molecule has 28 heavy (non-hydrogen) atoms. The molecule has 2 aromatic heterocycles. The molecule has 0 saturated carbocycles. The number of aryl methyl sites for hydroxylation is 1. The highest BCUT2D eigenvalue weighted by Crippen LogP contribution is 2.41. The molecule has 146 valence electrons. The number of hydrogen-bond donors (Lipinski definition) is 1. The number of rotatable bonds is 3. The minimum atomic E-state index is 0.491. The maximum Gasteiger partial charge on any atom is 0.128 e. The van der Waals surface area contributed by atoms with Crippen molar-refractivity contribution in [3.8, 4) is 0 Å². The second-order valence-electron chi connectivity index (χ2n) is 8.85. The molecule has 0 amide bonds. The molecule has 0 bridgehead atoms. The summed E-state index contributed by atoms with van der Waals surface area (Å²) in [6.45, 7) is 7.95. The summed E-state index contributed by atoms with van der Waals surface area (Å²) < 4.78 is 0. The van der Waals surface area contributed by atoms with Crippen molar-refractivity contribution in [3.63, 3.8) is 0 Å². The highest BCUT2D eigenvalue weighted by molar-refractivity contribution is 5.82. The number of nitrogens with zero attached hydrogens (tertiary/aromatic N) is 3. The smallest absolute Gasteiger partial charge is 0.128 e. The van der Waals surface area contributed by atoms with E-state index in [1.54, 1.807) is 0 Å². The third kappa shape index (κ3) is 3.42. The standard InChI is InChI=1S/C24H30N4/c1-19-7-11-25-23(15-19)28-13-9-24(10-14-28)8-4-12-27(18-24)17-20-16-26-22-6-3-2-5-21(20)22/h2-3,5-7,11,15-16,26H,4,8-10,12-14,17-18H2,1H3. The Kier molecular flexibility index (Phi) is 4.59. The maximum absolute atomic E-state index is 4.60. The Morgan fingerprint density at radius 2 is 1.93 bits per heavy atom. The molecule has 0 radical (unpaired) electrons. The molecule has 4 nitrogen and oxygen atoms in total. The fourth-order valence-electron chi connectivity index (χ4n) is 5.26. The Balaban J connectivity index is 1.26. The van der Waals surface area contributed by atoms with Gasteiger partial charge in [-0.25, -0.2) is 4.98 Å². The van der Waals surface area contributed by atoms with E-state index in [-0.39, 0.29) is 0 Å². The monoisotopic (exact) mass is 374 g/mol. The van der Waals surface area contributed by atoms with Crippen LogP contribution < -0.4 is 4.90 Å². The highest BCUT2D eigenvalue weighted by atomic mass is 15.2. The molecule has 0 aliphatic carbocycles. The number of aromatic amines is 1. The molecule has 4 heteroatoms. The zero-order chi connectivity index (χ0) is 19.0. The van der Waals surface area contributed by atoms with Crippen LogP contribution in [0.25, 0.3) is 10.9 Å². The maximum atomic E-state index is 4.60. The van der Waals surface area contributed by atoms with Crippen molar-refractivity contribution in [3.05, 3.63) is 59.9 Å². The third-order valence-corrected chi connectivity index (χ3v) is 6.86. The molecule has 0 unspecified atom stereocenters. The van der Waals surface area contributed by atoms with Gasteiger partial charge in [0, 0.05) is 49.5 Å². The van der Waals surface area contributed by atoms with E-state index in [2.05, 4.69) is 69.3 Å². The van der Waals surface area contributed by atoms with Crippen LogP contribution in [-0.2, 0) is 6.54 Å². The molecule has 2 fully saturated rings. The van der Waals surface area contributed by atoms with Crippen molar-refractivity contribution >= 4 is 16.7 Å². The summed E-state index contributed by atoms with van der Waals surface area (Å²) in [5, 5.41) is 1.38. The van der Waals surface area contributed by atoms with E-state index >= 15 is 0 Å². The van der Waals surface area contributed by atoms with Crippen molar-refractivity contribution < 1.29 is 0 Å². The fourth-order valence-corrected chi connectivity index (χ4v) is 5.26. The first-order chi connectivity index (χ1) is 13.7. The molecule has 5 rings (SSSR count). The summed E-state index contributed by atoms with van der Waals surface area (Å²) in [6.07, 6.45) is 9.42. The summed E-state index contributed by atoms with van der Waals surface area (Å²) in [5.41, 5.74) is 4.48. The molecule has 4 heterocycles. The van der Waals surface area contributed by atoms with Gasteiger partial charge < -0.3 is 9.88 Å². The lowest BCUT2D eigenvalue weighted by Crippen LogP contribution is -2.49. The van der Waals surface area contributed by atoms with E-state index in [1.807, 2.05) is 6.20 Å². The van der Waals surface area contributed by atoms with Gasteiger partial charge in [-0.3, -0.25) is 4.90 Å². The summed E-state index contributed by atoms with van der Waals surface area (Å²) in [7, 11) is 0. The van der Waals surface area contributed by atoms with Crippen molar-refractivity contribution in [2.45, 2.75) is 39.2 Å². The molecule has 1 aromatic carbocycles. The van der Waals surface area contributed by atoms with Crippen molar-refractivity contribution in [2.24, 2.45) is 5.41 Å². The van der Waals surface area contributed by atoms with Crippen LogP contribution in [-0.4, -0.2) is 41.0 Å². The topological polar surface area (TPSA) is 35.2 Å². The van der Waals surface area contributed by atoms with Gasteiger partial charge in [0.2, 0.25) is 0 Å². The Morgan fingerprint density at radius 3 is 2.79 bits per heavy atom. The number of aromatic nitrogens is 2. The van der Waals surface area contributed by atoms with Crippen molar-refractivity contribution in [2.75, 3.05) is 31.1 Å². The number of piperidine rings is 2. The minimum absolute atomic E-state index is 0.491. The Morgan fingerprint density at radius 1 is 1.07 bits per heavy atom. The zero-order valence-electron chi connectivity index (χ0n) is 16.8. The normalized spacial score (nSPS) is 20.1. The van der Waals surface area contributed by atoms with Gasteiger partial charge in [0.1, 0.15) is 5.82 Å². The van der Waals surface area contributed by atoms with Gasteiger partial charge in [0.25, 0.3) is 0 Å². The van der Waals surface area contributed by atoms with Crippen LogP contribution in [0, 0.1) is 12.3 Å². The lowest BCUT2D eigenvalue weighted by Gasteiger charge is -2.48. The second-order valence-corrected chi connectivity index (χ2v) is 8.85. The largest absolute Gasteiger partial charge is 0.361 e. The van der Waals surface area contributed by atoms with E-state index < -0.39 is 0 Å². The van der Waals surface area contributed by atoms with Gasteiger partial charge in [0.15, 0.2) is 0 Å². The van der Waals surface area contributed by atoms with Gasteiger partial charge >= 0.3 is 0 Å². The van der Waals surface area contributed by atoms with Gasteiger partial charge in [-0.1, -0.05) is 18.2 Å². The zero-order valence-corrected chi connectivity index (χ0v) is 16.8. The molecule has 1 spiro atoms. The molecule has 2 saturated heterocycles. The summed E-state index contributed by atoms with van der Waals surface area (Å²) in [4.78, 5) is 13.2. The van der Waals surface area contributed by atoms with Gasteiger partial charge in [-0.05, 0) is 73.9 Å². The van der Waals surface area contributed by atoms with Gasteiger partial charge in [-0.2, -0.15) is 0 Å². The van der Waals surface area contributed by atoms with Gasteiger partial charge in [-0.15, -0.1) is 0 Å². The van der Waals surface area contributed by atoms with Crippen LogP contribution in [0.2, 0.25) is 0 Å². The fraction of sp³-hybridized carbons (Fsp3) is 0.458. The van der Waals surface area contributed by atoms with Gasteiger partial charge in [0.05, 0.1) is 0 Å². The third-order valence-electron chi connectivity index (χ3n) is 6.86. The van der Waals surface area contributed by atoms with E-state index in [0.717, 1.165) is 25.5 Å². The summed E-state index contributed by atoms with van der Waals surface area (Å²) >= 11 is 0. The van der Waals surface area contributed by atoms with Crippen LogP contribution in [0.3, 0.4) is 0 Å². The summed E-state index contributed by atoms with van der Waals surface area (Å²) in [5.74, 6) is 1.15. The molecule has 0 atom stereocenters. The predicted octanol–water partition coefficient (Wildman–Crippen LogP) is 4.75. The van der Waals surface area contributed by atoms with Crippen LogP contribution >= 0.6 is 0 Å². The number of benzene rings is 1. The minimum Gasteiger partial charge on any atom is -0.361 e. The molecule has 1 N–H and O–H groups in total. The van der Waals surface area contributed by atoms with Crippen molar-refractivity contribution in [1.82, 2.24) is 14.9 Å². The van der Waals surface area contributed by atoms with Crippen LogP contribution in [0.5, 0.6) is 0 Å². The van der Waals surface area contributed by atoms with E-state index in [9.17, 15) is 0 Å². The Labute approximate surface area is 167 Å². The van der Waals surface area contributed by atoms with Crippen molar-refractivity contribution in [1.29, 1.82) is 0 Å². The number of pyridine rings is 1. The number of likely N-dealkylation sites (tertiary alicyclic amines) is 1. The lowest BCUT2D eigenvalue weighted by molar-refractivity contribution is 0.0607.